The van der Waals surface area contributed by atoms with E-state index >= 15 is 0 Å². The van der Waals surface area contributed by atoms with Crippen LogP contribution in [0.3, 0.4) is 0 Å². The van der Waals surface area contributed by atoms with E-state index in [1.54, 1.807) is 13.8 Å². The summed E-state index contributed by atoms with van der Waals surface area (Å²) in [7, 11) is -2.30. The van der Waals surface area contributed by atoms with Gasteiger partial charge in [0.1, 0.15) is 28.8 Å². The molecule has 6 nitrogen and oxygen atoms in total. The number of nitrogens with zero attached hydrogens (tertiary/aromatic N) is 2. The number of sulfone groups is 1. The summed E-state index contributed by atoms with van der Waals surface area (Å²) in [4.78, 5) is 28.8. The van der Waals surface area contributed by atoms with Crippen molar-refractivity contribution >= 4 is 21.4 Å². The highest BCUT2D eigenvalue weighted by molar-refractivity contribution is 7.90. The Labute approximate surface area is 143 Å². The number of aromatic nitrogens is 2. The van der Waals surface area contributed by atoms with Crippen LogP contribution in [0.4, 0.5) is 4.39 Å². The lowest BCUT2D eigenvalue weighted by atomic mass is 9.92. The molecule has 0 amide bonds. The summed E-state index contributed by atoms with van der Waals surface area (Å²) in [5.74, 6) is -1.68. The smallest absolute Gasteiger partial charge is 0.209 e. The van der Waals surface area contributed by atoms with Gasteiger partial charge >= 0.3 is 0 Å². The number of hydrogen-bond donors (Lipinski definition) is 0. The largest absolute Gasteiger partial charge is 0.327 e. The minimum atomic E-state index is -3.80. The van der Waals surface area contributed by atoms with Crippen LogP contribution in [0.15, 0.2) is 40.3 Å². The van der Waals surface area contributed by atoms with Crippen LogP contribution in [-0.2, 0) is 22.6 Å². The van der Waals surface area contributed by atoms with Crippen LogP contribution in [0.25, 0.3) is 0 Å². The molecular weight excluding hydrogens is 347 g/mol. The maximum absolute atomic E-state index is 13.0. The Bertz CT molecular complexity index is 1050. The molecular formula is C17H15FN2O4S. The molecule has 0 N–H and O–H groups in total. The predicted octanol–water partition coefficient (Wildman–Crippen LogP) is 2.25. The molecule has 0 fully saturated rings. The van der Waals surface area contributed by atoms with Gasteiger partial charge in [0.05, 0.1) is 4.90 Å². The summed E-state index contributed by atoms with van der Waals surface area (Å²) in [5.41, 5.74) is 0.703. The van der Waals surface area contributed by atoms with E-state index in [2.05, 4.69) is 4.98 Å². The molecule has 8 heteroatoms. The Hall–Kier alpha value is -2.61. The molecule has 0 atom stereocenters. The van der Waals surface area contributed by atoms with E-state index in [9.17, 15) is 22.4 Å². The van der Waals surface area contributed by atoms with Gasteiger partial charge in [-0.1, -0.05) is 0 Å². The van der Waals surface area contributed by atoms with Gasteiger partial charge in [-0.05, 0) is 38.1 Å². The van der Waals surface area contributed by atoms with Gasteiger partial charge in [0.15, 0.2) is 9.84 Å². The number of allylic oxidation sites excluding steroid dienone is 2. The highest BCUT2D eigenvalue weighted by Gasteiger charge is 2.34. The molecule has 1 aromatic carbocycles. The number of rotatable bonds is 3. The van der Waals surface area contributed by atoms with E-state index in [-0.39, 0.29) is 33.7 Å². The zero-order valence-corrected chi connectivity index (χ0v) is 14.6. The molecule has 0 spiro atoms. The average Bonchev–Trinajstić information content (AvgIpc) is 2.88. The fourth-order valence-corrected chi connectivity index (χ4v) is 4.00. The van der Waals surface area contributed by atoms with E-state index in [0.29, 0.717) is 11.1 Å². The second-order valence-corrected chi connectivity index (χ2v) is 7.90. The van der Waals surface area contributed by atoms with Crippen molar-refractivity contribution in [2.24, 2.45) is 7.05 Å². The second-order valence-electron chi connectivity index (χ2n) is 5.91. The number of ketones is 2. The Kier molecular flexibility index (Phi) is 3.95. The van der Waals surface area contributed by atoms with Crippen molar-refractivity contribution in [1.82, 2.24) is 9.55 Å². The molecule has 0 aliphatic heterocycles. The van der Waals surface area contributed by atoms with Crippen LogP contribution in [0, 0.1) is 5.82 Å². The average molecular weight is 362 g/mol. The zero-order chi connectivity index (χ0) is 18.5. The third kappa shape index (κ3) is 2.72. The third-order valence-electron chi connectivity index (χ3n) is 4.35. The van der Waals surface area contributed by atoms with Crippen molar-refractivity contribution in [2.75, 3.05) is 0 Å². The number of Topliss-reactive ketones (excluding diaryl/α,β-unsaturated/α-hetero) is 2. The first-order chi connectivity index (χ1) is 11.6. The van der Waals surface area contributed by atoms with Crippen LogP contribution < -0.4 is 0 Å². The number of hydrogen-bond acceptors (Lipinski definition) is 5. The maximum Gasteiger partial charge on any atom is 0.209 e. The lowest BCUT2D eigenvalue weighted by molar-refractivity contribution is 0.0967. The lowest BCUT2D eigenvalue weighted by Crippen LogP contribution is -2.21. The van der Waals surface area contributed by atoms with E-state index in [1.165, 1.54) is 23.7 Å². The maximum atomic E-state index is 13.0. The van der Waals surface area contributed by atoms with Gasteiger partial charge in [-0.15, -0.1) is 0 Å². The van der Waals surface area contributed by atoms with Crippen molar-refractivity contribution in [1.29, 1.82) is 0 Å². The Morgan fingerprint density at radius 3 is 2.20 bits per heavy atom. The fourth-order valence-electron chi connectivity index (χ4n) is 2.68. The number of carbonyl (C=O) groups excluding carboxylic acids is 2. The van der Waals surface area contributed by atoms with E-state index in [1.807, 2.05) is 0 Å². The number of fused-ring (bicyclic) bond motifs is 1. The van der Waals surface area contributed by atoms with Gasteiger partial charge in [0, 0.05) is 18.2 Å². The predicted molar refractivity (Wildman–Crippen MR) is 87.5 cm³/mol. The van der Waals surface area contributed by atoms with Crippen molar-refractivity contribution in [3.8, 4) is 0 Å². The van der Waals surface area contributed by atoms with Gasteiger partial charge in [-0.3, -0.25) is 9.59 Å². The third-order valence-corrected chi connectivity index (χ3v) is 5.98. The fraction of sp³-hybridized carbons (Fsp3) is 0.235. The first kappa shape index (κ1) is 17.2. The Morgan fingerprint density at radius 2 is 1.60 bits per heavy atom. The molecule has 130 valence electrons. The van der Waals surface area contributed by atoms with Crippen molar-refractivity contribution in [2.45, 2.75) is 24.5 Å². The van der Waals surface area contributed by atoms with Gasteiger partial charge < -0.3 is 4.57 Å². The van der Waals surface area contributed by atoms with Crippen molar-refractivity contribution in [3.63, 3.8) is 0 Å². The summed E-state index contributed by atoms with van der Waals surface area (Å²) < 4.78 is 39.4. The molecule has 3 rings (SSSR count). The number of carbonyl (C=O) groups is 2. The number of halogens is 1. The molecule has 0 radical (unpaired) electrons. The molecule has 2 aromatic rings. The molecule has 1 aliphatic carbocycles. The molecule has 25 heavy (non-hydrogen) atoms. The van der Waals surface area contributed by atoms with Gasteiger partial charge in [0.2, 0.25) is 11.6 Å². The second kappa shape index (κ2) is 5.73. The quantitative estimate of drug-likeness (QED) is 0.782. The molecule has 1 aliphatic rings. The van der Waals surface area contributed by atoms with Crippen LogP contribution in [-0.4, -0.2) is 29.5 Å². The monoisotopic (exact) mass is 362 g/mol. The summed E-state index contributed by atoms with van der Waals surface area (Å²) in [6, 6.07) is 4.44. The number of benzene rings is 1. The Morgan fingerprint density at radius 1 is 1.04 bits per heavy atom. The summed E-state index contributed by atoms with van der Waals surface area (Å²) in [5, 5.41) is 0. The van der Waals surface area contributed by atoms with Gasteiger partial charge in [-0.2, -0.15) is 0 Å². The van der Waals surface area contributed by atoms with Crippen molar-refractivity contribution in [3.05, 3.63) is 58.4 Å². The molecule has 0 bridgehead atoms. The first-order valence-corrected chi connectivity index (χ1v) is 9.09. The standard InChI is InChI=1S/C17H15FN2O4S/c1-9-10(2)17(22)15-14(16(9)21)19-13(20(15)3)8-25(23,24)12-6-4-11(18)5-7-12/h4-7H,8H2,1-3H3. The summed E-state index contributed by atoms with van der Waals surface area (Å²) in [6.07, 6.45) is 0. The molecule has 0 saturated heterocycles. The van der Waals surface area contributed by atoms with Gasteiger partial charge in [-0.25, -0.2) is 17.8 Å². The minimum absolute atomic E-state index is 0.0279. The zero-order valence-electron chi connectivity index (χ0n) is 13.8. The molecule has 0 saturated carbocycles. The number of imidazole rings is 1. The van der Waals surface area contributed by atoms with Crippen LogP contribution in [0.2, 0.25) is 0 Å². The SMILES string of the molecule is CC1=C(C)C(=O)c2c(nc(CS(=O)(=O)c3ccc(F)cc3)n2C)C1=O. The van der Waals surface area contributed by atoms with Crippen LogP contribution in [0.5, 0.6) is 0 Å². The first-order valence-electron chi connectivity index (χ1n) is 7.44. The molecule has 1 heterocycles. The summed E-state index contributed by atoms with van der Waals surface area (Å²) >= 11 is 0. The minimum Gasteiger partial charge on any atom is -0.327 e. The van der Waals surface area contributed by atoms with E-state index in [0.717, 1.165) is 12.1 Å². The van der Waals surface area contributed by atoms with Crippen LogP contribution >= 0.6 is 0 Å². The summed E-state index contributed by atoms with van der Waals surface area (Å²) in [6.45, 7) is 3.10. The molecule has 0 unspecified atom stereocenters. The van der Waals surface area contributed by atoms with E-state index in [4.69, 9.17) is 0 Å². The normalized spacial score (nSPS) is 14.9. The van der Waals surface area contributed by atoms with Gasteiger partial charge in [0.25, 0.3) is 0 Å². The van der Waals surface area contributed by atoms with Crippen molar-refractivity contribution < 1.29 is 22.4 Å². The highest BCUT2D eigenvalue weighted by Crippen LogP contribution is 2.27. The Balaban J connectivity index is 2.04. The lowest BCUT2D eigenvalue weighted by Gasteiger charge is -2.13. The topological polar surface area (TPSA) is 86.1 Å². The van der Waals surface area contributed by atoms with Crippen LogP contribution in [0.1, 0.15) is 40.6 Å². The highest BCUT2D eigenvalue weighted by atomic mass is 32.2. The molecule has 1 aromatic heterocycles. The van der Waals surface area contributed by atoms with E-state index < -0.39 is 21.4 Å².